The maximum atomic E-state index is 4.80. The molecule has 0 fully saturated rings. The van der Waals surface area contributed by atoms with Gasteiger partial charge in [0.2, 0.25) is 0 Å². The van der Waals surface area contributed by atoms with Gasteiger partial charge in [-0.3, -0.25) is 9.99 Å². The number of aromatic amines is 1. The van der Waals surface area contributed by atoms with E-state index in [2.05, 4.69) is 36.7 Å². The zero-order valence-electron chi connectivity index (χ0n) is 16.0. The number of nitrogens with zero attached hydrogens (tertiary/aromatic N) is 5. The van der Waals surface area contributed by atoms with E-state index in [1.165, 1.54) is 5.56 Å². The molecule has 2 aliphatic rings. The van der Waals surface area contributed by atoms with Crippen molar-refractivity contribution in [1.82, 2.24) is 30.4 Å². The lowest BCUT2D eigenvalue weighted by atomic mass is 10.0. The van der Waals surface area contributed by atoms with Gasteiger partial charge in [-0.25, -0.2) is 20.4 Å². The summed E-state index contributed by atoms with van der Waals surface area (Å²) in [4.78, 5) is 21.1. The second kappa shape index (κ2) is 6.78. The van der Waals surface area contributed by atoms with E-state index in [0.717, 1.165) is 44.9 Å². The molecule has 4 aromatic heterocycles. The van der Waals surface area contributed by atoms with Crippen LogP contribution >= 0.6 is 0 Å². The predicted octanol–water partition coefficient (Wildman–Crippen LogP) is 3.33. The molecule has 0 saturated heterocycles. The van der Waals surface area contributed by atoms with Crippen LogP contribution in [-0.2, 0) is 6.54 Å². The van der Waals surface area contributed by atoms with Crippen molar-refractivity contribution in [3.8, 4) is 0 Å². The molecule has 4 aromatic rings. The van der Waals surface area contributed by atoms with Crippen LogP contribution in [0.5, 0.6) is 0 Å². The number of pyridine rings is 3. The smallest absolute Gasteiger partial charge is 0.139 e. The van der Waals surface area contributed by atoms with Crippen LogP contribution in [0.4, 0.5) is 11.5 Å². The summed E-state index contributed by atoms with van der Waals surface area (Å²) >= 11 is 0. The lowest BCUT2D eigenvalue weighted by Crippen LogP contribution is -2.39. The van der Waals surface area contributed by atoms with Gasteiger partial charge >= 0.3 is 0 Å². The predicted molar refractivity (Wildman–Crippen MR) is 117 cm³/mol. The number of fused-ring (bicyclic) bond motifs is 5. The molecule has 0 amide bonds. The first kappa shape index (κ1) is 16.9. The molecule has 0 atom stereocenters. The molecule has 0 unspecified atom stereocenters. The van der Waals surface area contributed by atoms with Gasteiger partial charge in [0, 0.05) is 53.4 Å². The lowest BCUT2D eigenvalue weighted by Gasteiger charge is -2.27. The Morgan fingerprint density at radius 2 is 2.03 bits per heavy atom. The molecule has 8 nitrogen and oxygen atoms in total. The zero-order chi connectivity index (χ0) is 19.9. The number of hydrogen-bond donors (Lipinski definition) is 3. The van der Waals surface area contributed by atoms with Crippen molar-refractivity contribution < 1.29 is 0 Å². The second-order valence-corrected chi connectivity index (χ2v) is 7.19. The first-order valence-corrected chi connectivity index (χ1v) is 9.72. The molecule has 0 aliphatic carbocycles. The fourth-order valence-corrected chi connectivity index (χ4v) is 3.97. The van der Waals surface area contributed by atoms with Crippen LogP contribution < -0.4 is 10.7 Å². The topological polar surface area (TPSA) is 94.1 Å². The van der Waals surface area contributed by atoms with E-state index >= 15 is 0 Å². The molecule has 30 heavy (non-hydrogen) atoms. The number of H-pyrrole nitrogens is 1. The molecular formula is C22H18N8. The van der Waals surface area contributed by atoms with Gasteiger partial charge in [-0.2, -0.15) is 0 Å². The molecular weight excluding hydrogens is 376 g/mol. The number of rotatable bonds is 3. The fourth-order valence-electron chi connectivity index (χ4n) is 3.97. The van der Waals surface area contributed by atoms with Crippen molar-refractivity contribution in [3.05, 3.63) is 78.0 Å². The first-order chi connectivity index (χ1) is 14.9. The second-order valence-electron chi connectivity index (χ2n) is 7.19. The lowest BCUT2D eigenvalue weighted by molar-refractivity contribution is 0.345. The summed E-state index contributed by atoms with van der Waals surface area (Å²) < 4.78 is 0. The van der Waals surface area contributed by atoms with Crippen LogP contribution in [0.25, 0.3) is 22.3 Å². The van der Waals surface area contributed by atoms with Crippen LogP contribution in [0, 0.1) is 0 Å². The number of aliphatic imine (C=N–C) groups is 1. The molecule has 146 valence electrons. The average Bonchev–Trinajstić information content (AvgIpc) is 3.23. The summed E-state index contributed by atoms with van der Waals surface area (Å²) in [5.74, 6) is 0.793. The molecule has 0 radical (unpaired) electrons. The Labute approximate surface area is 172 Å². The quantitative estimate of drug-likeness (QED) is 0.493. The van der Waals surface area contributed by atoms with Crippen molar-refractivity contribution in [1.29, 1.82) is 0 Å². The Balaban J connectivity index is 1.33. The Morgan fingerprint density at radius 1 is 1.03 bits per heavy atom. The summed E-state index contributed by atoms with van der Waals surface area (Å²) in [6, 6.07) is 10.1. The molecule has 0 spiro atoms. The highest BCUT2D eigenvalue weighted by atomic mass is 15.5. The van der Waals surface area contributed by atoms with Gasteiger partial charge in [0.25, 0.3) is 0 Å². The van der Waals surface area contributed by atoms with Crippen molar-refractivity contribution in [3.63, 3.8) is 0 Å². The molecule has 0 aromatic carbocycles. The fraction of sp³-hybridized carbons (Fsp3) is 0.0909. The van der Waals surface area contributed by atoms with Crippen LogP contribution in [0.15, 0.2) is 66.3 Å². The summed E-state index contributed by atoms with van der Waals surface area (Å²) in [5, 5.41) is 6.55. The van der Waals surface area contributed by atoms with Gasteiger partial charge in [0.1, 0.15) is 17.8 Å². The van der Waals surface area contributed by atoms with Crippen LogP contribution in [0.3, 0.4) is 0 Å². The van der Waals surface area contributed by atoms with E-state index in [0.29, 0.717) is 13.1 Å². The Hall–Kier alpha value is -4.04. The van der Waals surface area contributed by atoms with Crippen molar-refractivity contribution >= 4 is 40.1 Å². The standard InChI is InChI=1S/C22H18N8/c1-2-17-20-18(16-4-7-23-11-19(16)29-22(17)24-6-1)12-30(13-27-20)28-10-14-3-8-25-21-15(14)5-9-26-21/h1-9,11,13,28H,10,12H2,(H,24,29)(H,25,26). The third kappa shape index (κ3) is 2.73. The van der Waals surface area contributed by atoms with Gasteiger partial charge in [-0.05, 0) is 35.9 Å². The van der Waals surface area contributed by atoms with Crippen LogP contribution in [0.1, 0.15) is 16.7 Å². The van der Waals surface area contributed by atoms with Crippen molar-refractivity contribution in [2.75, 3.05) is 11.9 Å². The monoisotopic (exact) mass is 394 g/mol. The number of hydrogen-bond acceptors (Lipinski definition) is 7. The Bertz CT molecular complexity index is 1320. The zero-order valence-corrected chi connectivity index (χ0v) is 16.0. The number of aromatic nitrogens is 4. The minimum Gasteiger partial charge on any atom is -0.346 e. The SMILES string of the molecule is C1=NC2=C(CN1NCc1ccnc3[nH]ccc13)c1ccncc1Nc1ncccc12. The van der Waals surface area contributed by atoms with E-state index < -0.39 is 0 Å². The molecule has 0 bridgehead atoms. The summed E-state index contributed by atoms with van der Waals surface area (Å²) in [5.41, 5.74) is 10.6. The van der Waals surface area contributed by atoms with Gasteiger partial charge in [0.05, 0.1) is 24.1 Å². The molecule has 8 heteroatoms. The summed E-state index contributed by atoms with van der Waals surface area (Å²) in [6.07, 6.45) is 11.0. The molecule has 6 rings (SSSR count). The van der Waals surface area contributed by atoms with E-state index in [4.69, 9.17) is 4.99 Å². The largest absolute Gasteiger partial charge is 0.346 e. The molecule has 2 aliphatic heterocycles. The normalized spacial score (nSPS) is 14.7. The highest BCUT2D eigenvalue weighted by Gasteiger charge is 2.25. The number of anilines is 2. The van der Waals surface area contributed by atoms with Gasteiger partial charge in [0.15, 0.2) is 0 Å². The highest BCUT2D eigenvalue weighted by molar-refractivity contribution is 6.03. The minimum atomic E-state index is 0.672. The van der Waals surface area contributed by atoms with Crippen LogP contribution in [0.2, 0.25) is 0 Å². The first-order valence-electron chi connectivity index (χ1n) is 9.72. The van der Waals surface area contributed by atoms with Crippen molar-refractivity contribution in [2.24, 2.45) is 4.99 Å². The third-order valence-corrected chi connectivity index (χ3v) is 5.43. The number of nitrogens with one attached hydrogen (secondary N) is 3. The third-order valence-electron chi connectivity index (χ3n) is 5.43. The van der Waals surface area contributed by atoms with E-state index in [9.17, 15) is 0 Å². The summed E-state index contributed by atoms with van der Waals surface area (Å²) in [7, 11) is 0. The minimum absolute atomic E-state index is 0.672. The average molecular weight is 394 g/mol. The van der Waals surface area contributed by atoms with E-state index in [1.54, 1.807) is 6.20 Å². The maximum absolute atomic E-state index is 4.80. The van der Waals surface area contributed by atoms with Crippen molar-refractivity contribution in [2.45, 2.75) is 6.54 Å². The number of hydrazine groups is 1. The highest BCUT2D eigenvalue weighted by Crippen LogP contribution is 2.40. The van der Waals surface area contributed by atoms with Gasteiger partial charge in [-0.15, -0.1) is 0 Å². The van der Waals surface area contributed by atoms with Gasteiger partial charge < -0.3 is 10.3 Å². The van der Waals surface area contributed by atoms with Crippen LogP contribution in [-0.4, -0.2) is 37.8 Å². The summed E-state index contributed by atoms with van der Waals surface area (Å²) in [6.45, 7) is 1.35. The van der Waals surface area contributed by atoms with Gasteiger partial charge in [-0.1, -0.05) is 0 Å². The van der Waals surface area contributed by atoms with E-state index in [-0.39, 0.29) is 0 Å². The van der Waals surface area contributed by atoms with E-state index in [1.807, 2.05) is 60.4 Å². The molecule has 6 heterocycles. The maximum Gasteiger partial charge on any atom is 0.139 e. The molecule has 3 N–H and O–H groups in total. The Morgan fingerprint density at radius 3 is 3.03 bits per heavy atom. The Kier molecular flexibility index (Phi) is 3.82. The molecule has 0 saturated carbocycles.